The molecule has 0 bridgehead atoms. The Morgan fingerprint density at radius 2 is 1.95 bits per heavy atom. The fourth-order valence-corrected chi connectivity index (χ4v) is 2.55. The van der Waals surface area contributed by atoms with Gasteiger partial charge in [0.05, 0.1) is 19.3 Å². The van der Waals surface area contributed by atoms with E-state index in [1.165, 1.54) is 32.1 Å². The number of ether oxygens (including phenoxy) is 2. The molecule has 7 nitrogen and oxygen atoms in total. The van der Waals surface area contributed by atoms with E-state index in [1.807, 2.05) is 16.9 Å². The monoisotopic (exact) mass is 310 g/mol. The maximum absolute atomic E-state index is 10.7. The second-order valence-electron chi connectivity index (χ2n) is 5.42. The average molecular weight is 310 g/mol. The Morgan fingerprint density at radius 1 is 1.23 bits per heavy atom. The summed E-state index contributed by atoms with van der Waals surface area (Å²) in [5, 5.41) is 12.8. The Labute approximate surface area is 129 Å². The SMILES string of the molecule is O=C(O)C(=O)OCCCCOc1ccn(C2CCCCC2)n1. The van der Waals surface area contributed by atoms with Gasteiger partial charge in [0.15, 0.2) is 0 Å². The van der Waals surface area contributed by atoms with Gasteiger partial charge in [-0.25, -0.2) is 9.59 Å². The van der Waals surface area contributed by atoms with Crippen molar-refractivity contribution < 1.29 is 24.2 Å². The molecule has 122 valence electrons. The van der Waals surface area contributed by atoms with Gasteiger partial charge in [-0.2, -0.15) is 0 Å². The second-order valence-corrected chi connectivity index (χ2v) is 5.42. The second kappa shape index (κ2) is 8.41. The van der Waals surface area contributed by atoms with Crippen LogP contribution in [0.25, 0.3) is 0 Å². The van der Waals surface area contributed by atoms with E-state index >= 15 is 0 Å². The van der Waals surface area contributed by atoms with Crippen molar-refractivity contribution in [3.8, 4) is 5.88 Å². The van der Waals surface area contributed by atoms with E-state index in [2.05, 4.69) is 9.84 Å². The normalized spacial score (nSPS) is 15.5. The molecule has 0 spiro atoms. The molecule has 1 heterocycles. The lowest BCUT2D eigenvalue weighted by atomic mass is 9.96. The van der Waals surface area contributed by atoms with Crippen LogP contribution in [0.3, 0.4) is 0 Å². The number of carbonyl (C=O) groups is 2. The Bertz CT molecular complexity index is 494. The van der Waals surface area contributed by atoms with Crippen molar-refractivity contribution in [2.75, 3.05) is 13.2 Å². The van der Waals surface area contributed by atoms with Crippen LogP contribution in [-0.2, 0) is 14.3 Å². The molecule has 1 aromatic heterocycles. The predicted molar refractivity (Wildman–Crippen MR) is 77.7 cm³/mol. The van der Waals surface area contributed by atoms with Gasteiger partial charge in [0.25, 0.3) is 0 Å². The van der Waals surface area contributed by atoms with Gasteiger partial charge in [0.2, 0.25) is 5.88 Å². The Kier molecular flexibility index (Phi) is 6.24. The standard InChI is InChI=1S/C15H22N2O5/c18-14(19)15(20)22-11-5-4-10-21-13-8-9-17(16-13)12-6-2-1-3-7-12/h8-9,12H,1-7,10-11H2,(H,18,19). The lowest BCUT2D eigenvalue weighted by Gasteiger charge is -2.21. The van der Waals surface area contributed by atoms with Gasteiger partial charge in [-0.1, -0.05) is 19.3 Å². The molecule has 7 heteroatoms. The molecule has 0 saturated heterocycles. The summed E-state index contributed by atoms with van der Waals surface area (Å²) in [6.07, 6.45) is 9.37. The van der Waals surface area contributed by atoms with Gasteiger partial charge < -0.3 is 14.6 Å². The highest BCUT2D eigenvalue weighted by molar-refractivity contribution is 6.28. The third kappa shape index (κ3) is 5.05. The van der Waals surface area contributed by atoms with E-state index in [0.717, 1.165) is 0 Å². The van der Waals surface area contributed by atoms with Gasteiger partial charge >= 0.3 is 11.9 Å². The van der Waals surface area contributed by atoms with E-state index in [4.69, 9.17) is 9.84 Å². The van der Waals surface area contributed by atoms with Crippen molar-refractivity contribution >= 4 is 11.9 Å². The fraction of sp³-hybridized carbons (Fsp3) is 0.667. The molecular formula is C15H22N2O5. The summed E-state index contributed by atoms with van der Waals surface area (Å²) in [6.45, 7) is 0.553. The molecule has 1 fully saturated rings. The first kappa shape index (κ1) is 16.3. The van der Waals surface area contributed by atoms with Crippen molar-refractivity contribution in [3.05, 3.63) is 12.3 Å². The van der Waals surface area contributed by atoms with Crippen LogP contribution in [0.5, 0.6) is 5.88 Å². The molecule has 2 rings (SSSR count). The third-order valence-corrected chi connectivity index (χ3v) is 3.73. The Morgan fingerprint density at radius 3 is 2.68 bits per heavy atom. The number of unbranched alkanes of at least 4 members (excludes halogenated alkanes) is 1. The third-order valence-electron chi connectivity index (χ3n) is 3.73. The quantitative estimate of drug-likeness (QED) is 0.471. The average Bonchev–Trinajstić information content (AvgIpc) is 3.00. The van der Waals surface area contributed by atoms with Gasteiger partial charge in [-0.15, -0.1) is 5.10 Å². The highest BCUT2D eigenvalue weighted by Gasteiger charge is 2.16. The van der Waals surface area contributed by atoms with E-state index in [9.17, 15) is 9.59 Å². The van der Waals surface area contributed by atoms with Gasteiger partial charge in [0, 0.05) is 12.3 Å². The summed E-state index contributed by atoms with van der Waals surface area (Å²) in [5.41, 5.74) is 0. The van der Waals surface area contributed by atoms with Gasteiger partial charge in [0.1, 0.15) is 0 Å². The van der Waals surface area contributed by atoms with Crippen molar-refractivity contribution in [2.45, 2.75) is 51.0 Å². The smallest absolute Gasteiger partial charge is 0.417 e. The molecule has 0 unspecified atom stereocenters. The summed E-state index contributed by atoms with van der Waals surface area (Å²) in [4.78, 5) is 20.9. The topological polar surface area (TPSA) is 90.6 Å². The van der Waals surface area contributed by atoms with Crippen LogP contribution in [-0.4, -0.2) is 40.0 Å². The summed E-state index contributed by atoms with van der Waals surface area (Å²) >= 11 is 0. The lowest BCUT2D eigenvalue weighted by Crippen LogP contribution is -2.17. The summed E-state index contributed by atoms with van der Waals surface area (Å²) in [6, 6.07) is 2.35. The van der Waals surface area contributed by atoms with Gasteiger partial charge in [-0.05, 0) is 25.7 Å². The van der Waals surface area contributed by atoms with Crippen LogP contribution < -0.4 is 4.74 Å². The van der Waals surface area contributed by atoms with E-state index in [0.29, 0.717) is 31.4 Å². The van der Waals surface area contributed by atoms with Crippen LogP contribution in [0, 0.1) is 0 Å². The van der Waals surface area contributed by atoms with Crippen LogP contribution in [0.2, 0.25) is 0 Å². The van der Waals surface area contributed by atoms with E-state index < -0.39 is 11.9 Å². The van der Waals surface area contributed by atoms with Crippen molar-refractivity contribution in [1.82, 2.24) is 9.78 Å². The number of carboxylic acid groups (broad SMARTS) is 1. The first-order valence-electron chi connectivity index (χ1n) is 7.75. The molecule has 22 heavy (non-hydrogen) atoms. The largest absolute Gasteiger partial charge is 0.477 e. The zero-order valence-corrected chi connectivity index (χ0v) is 12.6. The molecule has 1 aromatic rings. The van der Waals surface area contributed by atoms with Crippen LogP contribution in [0.1, 0.15) is 51.0 Å². The molecule has 1 N–H and O–H groups in total. The molecule has 0 radical (unpaired) electrons. The first-order valence-corrected chi connectivity index (χ1v) is 7.75. The highest BCUT2D eigenvalue weighted by Crippen LogP contribution is 2.28. The molecule has 0 atom stereocenters. The highest BCUT2D eigenvalue weighted by atomic mass is 16.6. The molecule has 1 aliphatic carbocycles. The minimum absolute atomic E-state index is 0.0883. The van der Waals surface area contributed by atoms with Crippen LogP contribution >= 0.6 is 0 Å². The summed E-state index contributed by atoms with van der Waals surface area (Å²) in [7, 11) is 0. The van der Waals surface area contributed by atoms with E-state index in [-0.39, 0.29) is 6.61 Å². The molecule has 1 saturated carbocycles. The number of carbonyl (C=O) groups excluding carboxylic acids is 1. The molecule has 0 amide bonds. The Balaban J connectivity index is 1.60. The number of aliphatic carboxylic acids is 1. The molecule has 0 aromatic carbocycles. The number of rotatable bonds is 7. The zero-order chi connectivity index (χ0) is 15.8. The Hall–Kier alpha value is -2.05. The van der Waals surface area contributed by atoms with Crippen molar-refractivity contribution in [3.63, 3.8) is 0 Å². The number of carboxylic acids is 1. The van der Waals surface area contributed by atoms with Crippen molar-refractivity contribution in [1.29, 1.82) is 0 Å². The van der Waals surface area contributed by atoms with Crippen molar-refractivity contribution in [2.24, 2.45) is 0 Å². The maximum atomic E-state index is 10.7. The number of nitrogens with zero attached hydrogens (tertiary/aromatic N) is 2. The first-order chi connectivity index (χ1) is 10.7. The number of hydrogen-bond acceptors (Lipinski definition) is 5. The van der Waals surface area contributed by atoms with E-state index in [1.54, 1.807) is 0 Å². The maximum Gasteiger partial charge on any atom is 0.417 e. The number of esters is 1. The minimum atomic E-state index is -1.57. The number of aromatic nitrogens is 2. The molecule has 0 aliphatic heterocycles. The lowest BCUT2D eigenvalue weighted by molar-refractivity contribution is -0.163. The summed E-state index contributed by atoms with van der Waals surface area (Å²) < 4.78 is 12.1. The van der Waals surface area contributed by atoms with Crippen LogP contribution in [0.4, 0.5) is 0 Å². The molecular weight excluding hydrogens is 288 g/mol. The summed E-state index contributed by atoms with van der Waals surface area (Å²) in [5.74, 6) is -2.18. The fourth-order valence-electron chi connectivity index (χ4n) is 2.55. The zero-order valence-electron chi connectivity index (χ0n) is 12.6. The van der Waals surface area contributed by atoms with Gasteiger partial charge in [-0.3, -0.25) is 4.68 Å². The predicted octanol–water partition coefficient (Wildman–Crippen LogP) is 2.18. The minimum Gasteiger partial charge on any atom is -0.477 e. The number of hydrogen-bond donors (Lipinski definition) is 1. The molecule has 1 aliphatic rings. The van der Waals surface area contributed by atoms with Crippen LogP contribution in [0.15, 0.2) is 12.3 Å².